The molecule has 1 aromatic heterocycles. The summed E-state index contributed by atoms with van der Waals surface area (Å²) in [5.41, 5.74) is 3.70. The minimum Gasteiger partial charge on any atom is -0.492 e. The van der Waals surface area contributed by atoms with Gasteiger partial charge in [-0.05, 0) is 40.8 Å². The summed E-state index contributed by atoms with van der Waals surface area (Å²) < 4.78 is 32.7. The molecular formula is C18H15NO6S. The molecule has 0 aliphatic heterocycles. The molecule has 0 saturated heterocycles. The van der Waals surface area contributed by atoms with E-state index in [2.05, 4.69) is 0 Å². The highest BCUT2D eigenvalue weighted by Crippen LogP contribution is 2.47. The SMILES string of the molecule is O=S(=O)(O)c1ccc2c(c1)C(Cc1cc(O)n(O)c1O)c1ccccc1-2. The molecule has 134 valence electrons. The van der Waals surface area contributed by atoms with Crippen LogP contribution in [0.4, 0.5) is 0 Å². The van der Waals surface area contributed by atoms with E-state index in [0.29, 0.717) is 11.1 Å². The predicted octanol–water partition coefficient (Wildman–Crippen LogP) is 2.74. The van der Waals surface area contributed by atoms with E-state index < -0.39 is 21.9 Å². The Morgan fingerprint density at radius 2 is 1.65 bits per heavy atom. The minimum atomic E-state index is -4.35. The summed E-state index contributed by atoms with van der Waals surface area (Å²) in [4.78, 5) is -0.208. The normalized spacial score (nSPS) is 15.7. The number of fused-ring (bicyclic) bond motifs is 3. The molecule has 1 aliphatic carbocycles. The molecule has 4 N–H and O–H groups in total. The Labute approximate surface area is 149 Å². The summed E-state index contributed by atoms with van der Waals surface area (Å²) in [6.45, 7) is 0. The van der Waals surface area contributed by atoms with Crippen molar-refractivity contribution < 1.29 is 28.4 Å². The first-order valence-electron chi connectivity index (χ1n) is 7.80. The number of aromatic nitrogens is 1. The van der Waals surface area contributed by atoms with Gasteiger partial charge in [-0.1, -0.05) is 30.3 Å². The summed E-state index contributed by atoms with van der Waals surface area (Å²) in [6, 6.07) is 13.2. The van der Waals surface area contributed by atoms with Crippen molar-refractivity contribution in [3.8, 4) is 22.9 Å². The van der Waals surface area contributed by atoms with Gasteiger partial charge < -0.3 is 15.4 Å². The molecule has 0 radical (unpaired) electrons. The fraction of sp³-hybridized carbons (Fsp3) is 0.111. The van der Waals surface area contributed by atoms with Crippen molar-refractivity contribution in [3.05, 3.63) is 65.2 Å². The maximum Gasteiger partial charge on any atom is 0.294 e. The molecule has 26 heavy (non-hydrogen) atoms. The van der Waals surface area contributed by atoms with Crippen molar-refractivity contribution in [2.75, 3.05) is 0 Å². The van der Waals surface area contributed by atoms with E-state index >= 15 is 0 Å². The minimum absolute atomic E-state index is 0.208. The Kier molecular flexibility index (Phi) is 3.50. The topological polar surface area (TPSA) is 120 Å². The zero-order valence-corrected chi connectivity index (χ0v) is 14.2. The van der Waals surface area contributed by atoms with Gasteiger partial charge in [-0.15, -0.1) is 4.73 Å². The van der Waals surface area contributed by atoms with Crippen LogP contribution >= 0.6 is 0 Å². The van der Waals surface area contributed by atoms with Gasteiger partial charge in [0, 0.05) is 17.5 Å². The van der Waals surface area contributed by atoms with Gasteiger partial charge in [0.05, 0.1) is 4.90 Å². The number of rotatable bonds is 3. The van der Waals surface area contributed by atoms with Crippen molar-refractivity contribution in [1.29, 1.82) is 0 Å². The second-order valence-electron chi connectivity index (χ2n) is 6.23. The maximum atomic E-state index is 11.5. The molecule has 3 aromatic rings. The highest BCUT2D eigenvalue weighted by molar-refractivity contribution is 7.85. The van der Waals surface area contributed by atoms with Crippen LogP contribution in [-0.2, 0) is 16.5 Å². The summed E-state index contributed by atoms with van der Waals surface area (Å²) in [5.74, 6) is -1.27. The van der Waals surface area contributed by atoms with Crippen LogP contribution in [0.5, 0.6) is 11.8 Å². The van der Waals surface area contributed by atoms with E-state index in [-0.39, 0.29) is 22.0 Å². The third-order valence-corrected chi connectivity index (χ3v) is 5.60. The zero-order valence-electron chi connectivity index (χ0n) is 13.4. The summed E-state index contributed by atoms with van der Waals surface area (Å²) in [7, 11) is -4.35. The standard InChI is InChI=1S/C18H15NO6S/c20-17-8-10(18(21)19(17)22)7-15-13-4-2-1-3-12(13)14-6-5-11(9-16(14)15)26(23,24)25/h1-6,8-9,15,20-22H,7H2,(H,23,24,25). The van der Waals surface area contributed by atoms with Crippen molar-refractivity contribution >= 4 is 10.1 Å². The van der Waals surface area contributed by atoms with Gasteiger partial charge in [0.15, 0.2) is 0 Å². The first-order chi connectivity index (χ1) is 12.3. The molecule has 8 heteroatoms. The average Bonchev–Trinajstić information content (AvgIpc) is 3.04. The third-order valence-electron chi connectivity index (χ3n) is 4.75. The molecule has 0 bridgehead atoms. The molecule has 4 rings (SSSR count). The molecule has 0 spiro atoms. The molecule has 0 saturated carbocycles. The first kappa shape index (κ1) is 16.5. The van der Waals surface area contributed by atoms with Gasteiger partial charge in [-0.3, -0.25) is 4.55 Å². The lowest BCUT2D eigenvalue weighted by Crippen LogP contribution is -2.04. The molecule has 1 aliphatic rings. The van der Waals surface area contributed by atoms with Crippen molar-refractivity contribution in [3.63, 3.8) is 0 Å². The molecular weight excluding hydrogens is 358 g/mol. The summed E-state index contributed by atoms with van der Waals surface area (Å²) in [5, 5.41) is 29.1. The van der Waals surface area contributed by atoms with Crippen LogP contribution in [0.25, 0.3) is 11.1 Å². The van der Waals surface area contributed by atoms with Crippen LogP contribution in [0.15, 0.2) is 53.4 Å². The molecule has 2 aromatic carbocycles. The van der Waals surface area contributed by atoms with Crippen LogP contribution < -0.4 is 0 Å². The van der Waals surface area contributed by atoms with Gasteiger partial charge in [0.2, 0.25) is 11.8 Å². The molecule has 0 amide bonds. The lowest BCUT2D eigenvalue weighted by Gasteiger charge is -2.13. The molecule has 1 heterocycles. The Hall–Kier alpha value is -2.97. The Bertz CT molecular complexity index is 1130. The molecule has 1 unspecified atom stereocenters. The van der Waals surface area contributed by atoms with E-state index in [1.807, 2.05) is 24.3 Å². The van der Waals surface area contributed by atoms with Crippen LogP contribution in [0.3, 0.4) is 0 Å². The number of hydrogen-bond acceptors (Lipinski definition) is 5. The van der Waals surface area contributed by atoms with Crippen LogP contribution in [-0.4, -0.2) is 33.1 Å². The van der Waals surface area contributed by atoms with Crippen LogP contribution in [0.2, 0.25) is 0 Å². The van der Waals surface area contributed by atoms with E-state index in [1.54, 1.807) is 6.07 Å². The van der Waals surface area contributed by atoms with Crippen molar-refractivity contribution in [2.24, 2.45) is 0 Å². The average molecular weight is 373 g/mol. The fourth-order valence-corrected chi connectivity index (χ4v) is 4.08. The van der Waals surface area contributed by atoms with Gasteiger partial charge >= 0.3 is 0 Å². The van der Waals surface area contributed by atoms with Crippen LogP contribution in [0.1, 0.15) is 22.6 Å². The summed E-state index contributed by atoms with van der Waals surface area (Å²) >= 11 is 0. The first-order valence-corrected chi connectivity index (χ1v) is 9.24. The molecule has 7 nitrogen and oxygen atoms in total. The van der Waals surface area contributed by atoms with Gasteiger partial charge in [-0.2, -0.15) is 8.42 Å². The maximum absolute atomic E-state index is 11.5. The highest BCUT2D eigenvalue weighted by atomic mass is 32.2. The number of benzene rings is 2. The van der Waals surface area contributed by atoms with Crippen LogP contribution in [0, 0.1) is 0 Å². The Morgan fingerprint density at radius 3 is 2.31 bits per heavy atom. The van der Waals surface area contributed by atoms with E-state index in [9.17, 15) is 28.4 Å². The van der Waals surface area contributed by atoms with Gasteiger partial charge in [0.25, 0.3) is 10.1 Å². The number of aromatic hydroxyl groups is 2. The van der Waals surface area contributed by atoms with E-state index in [1.165, 1.54) is 18.2 Å². The smallest absolute Gasteiger partial charge is 0.294 e. The third kappa shape index (κ3) is 2.42. The fourth-order valence-electron chi connectivity index (χ4n) is 3.56. The van der Waals surface area contributed by atoms with Gasteiger partial charge in [0.1, 0.15) is 0 Å². The molecule has 0 fully saturated rings. The highest BCUT2D eigenvalue weighted by Gasteiger charge is 2.31. The molecule has 1 atom stereocenters. The van der Waals surface area contributed by atoms with Crippen molar-refractivity contribution in [1.82, 2.24) is 4.73 Å². The Morgan fingerprint density at radius 1 is 0.962 bits per heavy atom. The Balaban J connectivity index is 1.88. The lowest BCUT2D eigenvalue weighted by atomic mass is 9.91. The lowest BCUT2D eigenvalue weighted by molar-refractivity contribution is 0.130. The second-order valence-corrected chi connectivity index (χ2v) is 7.65. The van der Waals surface area contributed by atoms with Crippen molar-refractivity contribution in [2.45, 2.75) is 17.2 Å². The largest absolute Gasteiger partial charge is 0.492 e. The predicted molar refractivity (Wildman–Crippen MR) is 92.2 cm³/mol. The van der Waals surface area contributed by atoms with E-state index in [4.69, 9.17) is 0 Å². The second kappa shape index (κ2) is 5.52. The quantitative estimate of drug-likeness (QED) is 0.414. The van der Waals surface area contributed by atoms with E-state index in [0.717, 1.165) is 16.7 Å². The number of hydrogen-bond donors (Lipinski definition) is 4. The van der Waals surface area contributed by atoms with Gasteiger partial charge in [-0.25, -0.2) is 0 Å². The number of nitrogens with zero attached hydrogens (tertiary/aromatic N) is 1. The monoisotopic (exact) mass is 373 g/mol. The zero-order chi connectivity index (χ0) is 18.6. The summed E-state index contributed by atoms with van der Waals surface area (Å²) in [6.07, 6.45) is 0.228.